The molecule has 23 heavy (non-hydrogen) atoms. The zero-order valence-corrected chi connectivity index (χ0v) is 14.0. The van der Waals surface area contributed by atoms with E-state index in [4.69, 9.17) is 9.47 Å². The maximum atomic E-state index is 6.23. The Labute approximate surface area is 138 Å². The van der Waals surface area contributed by atoms with Gasteiger partial charge < -0.3 is 14.4 Å². The minimum atomic E-state index is -0.0227. The molecule has 0 unspecified atom stereocenters. The van der Waals surface area contributed by atoms with Gasteiger partial charge in [0.25, 0.3) is 0 Å². The third-order valence-electron chi connectivity index (χ3n) is 5.56. The van der Waals surface area contributed by atoms with Gasteiger partial charge in [0.05, 0.1) is 24.9 Å². The largest absolute Gasteiger partial charge is 0.378 e. The summed E-state index contributed by atoms with van der Waals surface area (Å²) in [5.41, 5.74) is 0.934. The van der Waals surface area contributed by atoms with Crippen LogP contribution in [0.3, 0.4) is 0 Å². The van der Waals surface area contributed by atoms with Gasteiger partial charge in [-0.25, -0.2) is 0 Å². The van der Waals surface area contributed by atoms with E-state index < -0.39 is 0 Å². The van der Waals surface area contributed by atoms with Gasteiger partial charge in [-0.3, -0.25) is 0 Å². The minimum absolute atomic E-state index is 0.0227. The van der Waals surface area contributed by atoms with Crippen LogP contribution in [0.25, 0.3) is 0 Å². The SMILES string of the molecule is Cc1ccc(N2CC3(C[C@@H](OCC4CCCC4)CCO3)C2)nn1. The third-order valence-corrected chi connectivity index (χ3v) is 5.56. The predicted octanol–water partition coefficient (Wildman–Crippen LogP) is 2.73. The molecule has 0 amide bonds. The molecule has 0 aromatic carbocycles. The number of hydrogen-bond acceptors (Lipinski definition) is 5. The zero-order valence-electron chi connectivity index (χ0n) is 14.0. The summed E-state index contributed by atoms with van der Waals surface area (Å²) in [4.78, 5) is 2.26. The summed E-state index contributed by atoms with van der Waals surface area (Å²) in [5, 5.41) is 8.42. The van der Waals surface area contributed by atoms with E-state index in [9.17, 15) is 0 Å². The van der Waals surface area contributed by atoms with Crippen LogP contribution < -0.4 is 4.90 Å². The van der Waals surface area contributed by atoms with Crippen LogP contribution >= 0.6 is 0 Å². The standard InChI is InChI=1S/C18H27N3O2/c1-14-6-7-17(20-19-14)21-12-18(13-21)10-16(8-9-23-18)22-11-15-4-2-3-5-15/h6-7,15-16H,2-5,8-13H2,1H3/t16-/m0/s1. The van der Waals surface area contributed by atoms with E-state index in [1.165, 1.54) is 25.7 Å². The van der Waals surface area contributed by atoms with Crippen LogP contribution in [0, 0.1) is 12.8 Å². The zero-order chi connectivity index (χ0) is 15.7. The molecule has 1 saturated carbocycles. The highest BCUT2D eigenvalue weighted by molar-refractivity contribution is 5.43. The molecular formula is C18H27N3O2. The van der Waals surface area contributed by atoms with Crippen molar-refractivity contribution < 1.29 is 9.47 Å². The van der Waals surface area contributed by atoms with Gasteiger partial charge in [0.1, 0.15) is 5.60 Å². The average molecular weight is 317 g/mol. The molecule has 1 aromatic rings. The smallest absolute Gasteiger partial charge is 0.151 e. The van der Waals surface area contributed by atoms with Gasteiger partial charge in [0.2, 0.25) is 0 Å². The molecular weight excluding hydrogens is 290 g/mol. The Balaban J connectivity index is 1.29. The maximum Gasteiger partial charge on any atom is 0.151 e. The maximum absolute atomic E-state index is 6.23. The number of nitrogens with zero attached hydrogens (tertiary/aromatic N) is 3. The molecule has 2 saturated heterocycles. The highest BCUT2D eigenvalue weighted by atomic mass is 16.5. The Morgan fingerprint density at radius 3 is 2.78 bits per heavy atom. The first-order valence-corrected chi connectivity index (χ1v) is 9.03. The van der Waals surface area contributed by atoms with E-state index >= 15 is 0 Å². The van der Waals surface area contributed by atoms with E-state index in [1.807, 2.05) is 19.1 Å². The first-order valence-electron chi connectivity index (χ1n) is 9.03. The summed E-state index contributed by atoms with van der Waals surface area (Å²) in [7, 11) is 0. The summed E-state index contributed by atoms with van der Waals surface area (Å²) in [6, 6.07) is 4.06. The summed E-state index contributed by atoms with van der Waals surface area (Å²) < 4.78 is 12.3. The summed E-state index contributed by atoms with van der Waals surface area (Å²) >= 11 is 0. The minimum Gasteiger partial charge on any atom is -0.378 e. The molecule has 0 radical (unpaired) electrons. The van der Waals surface area contributed by atoms with E-state index in [-0.39, 0.29) is 5.60 Å². The predicted molar refractivity (Wildman–Crippen MR) is 88.6 cm³/mol. The van der Waals surface area contributed by atoms with Crippen molar-refractivity contribution in [2.24, 2.45) is 5.92 Å². The second-order valence-electron chi connectivity index (χ2n) is 7.52. The van der Waals surface area contributed by atoms with Crippen molar-refractivity contribution in [2.75, 3.05) is 31.2 Å². The van der Waals surface area contributed by atoms with E-state index in [1.54, 1.807) is 0 Å². The third kappa shape index (κ3) is 3.36. The monoisotopic (exact) mass is 317 g/mol. The Hall–Kier alpha value is -1.20. The lowest BCUT2D eigenvalue weighted by Crippen LogP contribution is -2.66. The molecule has 3 fully saturated rings. The first kappa shape index (κ1) is 15.3. The Bertz CT molecular complexity index is 522. The van der Waals surface area contributed by atoms with Crippen LogP contribution in [0.15, 0.2) is 12.1 Å². The molecule has 5 nitrogen and oxygen atoms in total. The molecule has 1 atom stereocenters. The lowest BCUT2D eigenvalue weighted by molar-refractivity contribution is -0.148. The van der Waals surface area contributed by atoms with Gasteiger partial charge in [-0.15, -0.1) is 5.10 Å². The highest BCUT2D eigenvalue weighted by Gasteiger charge is 2.48. The van der Waals surface area contributed by atoms with Crippen molar-refractivity contribution in [3.63, 3.8) is 0 Å². The van der Waals surface area contributed by atoms with E-state index in [2.05, 4.69) is 15.1 Å². The van der Waals surface area contributed by atoms with Crippen molar-refractivity contribution in [3.8, 4) is 0 Å². The summed E-state index contributed by atoms with van der Waals surface area (Å²) in [6.45, 7) is 5.56. The molecule has 2 aliphatic heterocycles. The van der Waals surface area contributed by atoms with Crippen molar-refractivity contribution in [1.29, 1.82) is 0 Å². The molecule has 4 rings (SSSR count). The van der Waals surface area contributed by atoms with Crippen LogP contribution in [0.4, 0.5) is 5.82 Å². The van der Waals surface area contributed by atoms with Crippen LogP contribution in [-0.4, -0.2) is 48.2 Å². The fourth-order valence-corrected chi connectivity index (χ4v) is 4.17. The molecule has 0 N–H and O–H groups in total. The van der Waals surface area contributed by atoms with Gasteiger partial charge in [-0.1, -0.05) is 12.8 Å². The fourth-order valence-electron chi connectivity index (χ4n) is 4.17. The molecule has 0 bridgehead atoms. The second kappa shape index (κ2) is 6.36. The lowest BCUT2D eigenvalue weighted by Gasteiger charge is -2.53. The number of aromatic nitrogens is 2. The lowest BCUT2D eigenvalue weighted by atomic mass is 9.84. The topological polar surface area (TPSA) is 47.5 Å². The van der Waals surface area contributed by atoms with Gasteiger partial charge in [0.15, 0.2) is 5.82 Å². The van der Waals surface area contributed by atoms with Crippen LogP contribution in [0.2, 0.25) is 0 Å². The van der Waals surface area contributed by atoms with Crippen LogP contribution in [0.1, 0.15) is 44.2 Å². The van der Waals surface area contributed by atoms with E-state index in [0.29, 0.717) is 6.10 Å². The normalized spacial score (nSPS) is 27.3. The van der Waals surface area contributed by atoms with Gasteiger partial charge in [0, 0.05) is 19.6 Å². The number of ether oxygens (including phenoxy) is 2. The van der Waals surface area contributed by atoms with Crippen molar-refractivity contribution >= 4 is 5.82 Å². The van der Waals surface area contributed by atoms with Crippen LogP contribution in [0.5, 0.6) is 0 Å². The highest BCUT2D eigenvalue weighted by Crippen LogP contribution is 2.37. The Morgan fingerprint density at radius 2 is 2.04 bits per heavy atom. The molecule has 126 valence electrons. The summed E-state index contributed by atoms with van der Waals surface area (Å²) in [6.07, 6.45) is 7.92. The molecule has 1 aliphatic carbocycles. The molecule has 3 aliphatic rings. The number of rotatable bonds is 4. The van der Waals surface area contributed by atoms with Crippen molar-refractivity contribution in [1.82, 2.24) is 10.2 Å². The molecule has 1 spiro atoms. The quantitative estimate of drug-likeness (QED) is 0.854. The molecule has 1 aromatic heterocycles. The molecule has 3 heterocycles. The van der Waals surface area contributed by atoms with Crippen molar-refractivity contribution in [3.05, 3.63) is 17.8 Å². The first-order chi connectivity index (χ1) is 11.2. The fraction of sp³-hybridized carbons (Fsp3) is 0.778. The summed E-state index contributed by atoms with van der Waals surface area (Å²) in [5.74, 6) is 1.76. The number of aryl methyl sites for hydroxylation is 1. The number of hydrogen-bond donors (Lipinski definition) is 0. The number of anilines is 1. The molecule has 5 heteroatoms. The van der Waals surface area contributed by atoms with Gasteiger partial charge in [-0.05, 0) is 44.2 Å². The Morgan fingerprint density at radius 1 is 1.22 bits per heavy atom. The van der Waals surface area contributed by atoms with Crippen LogP contribution in [-0.2, 0) is 9.47 Å². The second-order valence-corrected chi connectivity index (χ2v) is 7.52. The van der Waals surface area contributed by atoms with Gasteiger partial charge >= 0.3 is 0 Å². The van der Waals surface area contributed by atoms with E-state index in [0.717, 1.165) is 56.6 Å². The average Bonchev–Trinajstić information content (AvgIpc) is 3.05. The Kier molecular flexibility index (Phi) is 4.24. The van der Waals surface area contributed by atoms with Crippen molar-refractivity contribution in [2.45, 2.75) is 57.2 Å². The van der Waals surface area contributed by atoms with Gasteiger partial charge in [-0.2, -0.15) is 5.10 Å².